The molecule has 1 saturated heterocycles. The van der Waals surface area contributed by atoms with E-state index in [2.05, 4.69) is 6.92 Å². The van der Waals surface area contributed by atoms with Crippen LogP contribution < -0.4 is 0 Å². The van der Waals surface area contributed by atoms with E-state index in [9.17, 15) is 0 Å². The Bertz CT molecular complexity index is 245. The van der Waals surface area contributed by atoms with E-state index in [-0.39, 0.29) is 18.3 Å². The quantitative estimate of drug-likeness (QED) is 0.405. The first-order chi connectivity index (χ1) is 7.89. The fourth-order valence-electron chi connectivity index (χ4n) is 1.59. The van der Waals surface area contributed by atoms with E-state index in [1.54, 1.807) is 6.26 Å². The minimum absolute atomic E-state index is 0.274. The maximum absolute atomic E-state index is 5.80. The first kappa shape index (κ1) is 14.6. The third-order valence-electron chi connectivity index (χ3n) is 3.47. The normalized spacial score (nSPS) is 22.3. The van der Waals surface area contributed by atoms with Crippen molar-refractivity contribution in [2.45, 2.75) is 65.1 Å². The van der Waals surface area contributed by atoms with Gasteiger partial charge in [0.15, 0.2) is 0 Å². The fourth-order valence-corrected chi connectivity index (χ4v) is 1.59. The fraction of sp³-hybridized carbons (Fsp3) is 0.846. The van der Waals surface area contributed by atoms with Gasteiger partial charge in [-0.25, -0.2) is 0 Å². The predicted octanol–water partition coefficient (Wildman–Crippen LogP) is 3.34. The summed E-state index contributed by atoms with van der Waals surface area (Å²) in [6, 6.07) is 0. The van der Waals surface area contributed by atoms with Crippen LogP contribution in [-0.4, -0.2) is 24.9 Å². The average Bonchev–Trinajstić information content (AvgIpc) is 2.41. The van der Waals surface area contributed by atoms with Crippen LogP contribution in [0.3, 0.4) is 0 Å². The van der Waals surface area contributed by atoms with Crippen molar-refractivity contribution in [2.24, 2.45) is 0 Å². The van der Waals surface area contributed by atoms with Gasteiger partial charge in [-0.3, -0.25) is 0 Å². The van der Waals surface area contributed by atoms with Crippen molar-refractivity contribution in [2.75, 3.05) is 6.61 Å². The van der Waals surface area contributed by atoms with Crippen molar-refractivity contribution in [1.82, 2.24) is 0 Å². The van der Waals surface area contributed by atoms with Gasteiger partial charge < -0.3 is 14.0 Å². The lowest BCUT2D eigenvalue weighted by Gasteiger charge is -2.32. The maximum atomic E-state index is 5.80. The van der Waals surface area contributed by atoms with Crippen molar-refractivity contribution >= 4 is 7.12 Å². The van der Waals surface area contributed by atoms with Gasteiger partial charge in [0.1, 0.15) is 0 Å². The van der Waals surface area contributed by atoms with E-state index >= 15 is 0 Å². The highest BCUT2D eigenvalue weighted by atomic mass is 16.7. The standard InChI is InChI=1S/C13H25BO3/c1-6-7-8-10-15-11-9-14-16-12(2,3)13(4,5)17-14/h9,11H,6-8,10H2,1-5H3/b11-9+. The van der Waals surface area contributed by atoms with Gasteiger partial charge in [0, 0.05) is 0 Å². The molecule has 1 heterocycles. The Kier molecular flexibility index (Phi) is 5.08. The van der Waals surface area contributed by atoms with Crippen LogP contribution in [-0.2, 0) is 14.0 Å². The van der Waals surface area contributed by atoms with Crippen LogP contribution in [0.4, 0.5) is 0 Å². The highest BCUT2D eigenvalue weighted by Crippen LogP contribution is 2.36. The summed E-state index contributed by atoms with van der Waals surface area (Å²) in [5.41, 5.74) is -0.547. The van der Waals surface area contributed by atoms with E-state index in [1.807, 2.05) is 33.7 Å². The lowest BCUT2D eigenvalue weighted by atomic mass is 9.90. The predicted molar refractivity (Wildman–Crippen MR) is 70.7 cm³/mol. The molecule has 0 radical (unpaired) electrons. The zero-order valence-electron chi connectivity index (χ0n) is 11.8. The van der Waals surface area contributed by atoms with E-state index in [1.165, 1.54) is 12.8 Å². The Morgan fingerprint density at radius 3 is 2.18 bits per heavy atom. The summed E-state index contributed by atoms with van der Waals surface area (Å²) in [6.45, 7) is 11.1. The molecule has 0 unspecified atom stereocenters. The number of hydrogen-bond acceptors (Lipinski definition) is 3. The first-order valence-corrected chi connectivity index (χ1v) is 6.53. The van der Waals surface area contributed by atoms with Crippen LogP contribution in [0.15, 0.2) is 12.2 Å². The van der Waals surface area contributed by atoms with Crippen LogP contribution in [0.1, 0.15) is 53.9 Å². The number of hydrogen-bond donors (Lipinski definition) is 0. The minimum Gasteiger partial charge on any atom is -0.502 e. The highest BCUT2D eigenvalue weighted by Gasteiger charge is 2.50. The molecule has 1 aliphatic heterocycles. The molecule has 0 aromatic rings. The number of rotatable bonds is 6. The topological polar surface area (TPSA) is 27.7 Å². The van der Waals surface area contributed by atoms with Crippen molar-refractivity contribution in [3.8, 4) is 0 Å². The van der Waals surface area contributed by atoms with Gasteiger partial charge >= 0.3 is 7.12 Å². The molecule has 0 aromatic carbocycles. The summed E-state index contributed by atoms with van der Waals surface area (Å²) in [7, 11) is -0.300. The smallest absolute Gasteiger partial charge is 0.490 e. The molecule has 1 fully saturated rings. The van der Waals surface area contributed by atoms with Crippen LogP contribution in [0.25, 0.3) is 0 Å². The lowest BCUT2D eigenvalue weighted by molar-refractivity contribution is 0.00578. The number of unbranched alkanes of at least 4 members (excludes halogenated alkanes) is 2. The molecule has 0 spiro atoms. The van der Waals surface area contributed by atoms with Crippen molar-refractivity contribution < 1.29 is 14.0 Å². The Hall–Kier alpha value is -0.475. The van der Waals surface area contributed by atoms with Gasteiger partial charge in [0.05, 0.1) is 24.1 Å². The molecule has 98 valence electrons. The highest BCUT2D eigenvalue weighted by molar-refractivity contribution is 6.51. The van der Waals surface area contributed by atoms with Crippen molar-refractivity contribution in [3.63, 3.8) is 0 Å². The van der Waals surface area contributed by atoms with Gasteiger partial charge in [0.2, 0.25) is 0 Å². The van der Waals surface area contributed by atoms with Crippen molar-refractivity contribution in [1.29, 1.82) is 0 Å². The Balaban J connectivity index is 2.28. The van der Waals surface area contributed by atoms with Gasteiger partial charge in [-0.05, 0) is 40.1 Å². The summed E-state index contributed by atoms with van der Waals surface area (Å²) in [5, 5.41) is 0. The summed E-state index contributed by atoms with van der Waals surface area (Å²) >= 11 is 0. The molecule has 0 N–H and O–H groups in total. The Morgan fingerprint density at radius 2 is 1.65 bits per heavy atom. The molecular weight excluding hydrogens is 215 g/mol. The second-order valence-electron chi connectivity index (χ2n) is 5.53. The van der Waals surface area contributed by atoms with Crippen LogP contribution >= 0.6 is 0 Å². The summed E-state index contributed by atoms with van der Waals surface area (Å²) < 4.78 is 17.0. The van der Waals surface area contributed by atoms with E-state index in [0.717, 1.165) is 13.0 Å². The van der Waals surface area contributed by atoms with E-state index in [4.69, 9.17) is 14.0 Å². The zero-order chi connectivity index (χ0) is 12.9. The molecule has 4 heteroatoms. The molecule has 0 amide bonds. The van der Waals surface area contributed by atoms with Crippen LogP contribution in [0.5, 0.6) is 0 Å². The largest absolute Gasteiger partial charge is 0.502 e. The second-order valence-corrected chi connectivity index (χ2v) is 5.53. The SMILES string of the molecule is CCCCCO/C=C/B1OC(C)(C)C(C)(C)O1. The van der Waals surface area contributed by atoms with Gasteiger partial charge in [-0.1, -0.05) is 19.8 Å². The van der Waals surface area contributed by atoms with E-state index < -0.39 is 0 Å². The lowest BCUT2D eigenvalue weighted by Crippen LogP contribution is -2.41. The number of ether oxygens (including phenoxy) is 1. The molecule has 0 aliphatic carbocycles. The summed E-state index contributed by atoms with van der Waals surface area (Å²) in [4.78, 5) is 0. The molecule has 3 nitrogen and oxygen atoms in total. The molecular formula is C13H25BO3. The van der Waals surface area contributed by atoms with Gasteiger partial charge in [-0.15, -0.1) is 0 Å². The monoisotopic (exact) mass is 240 g/mol. The average molecular weight is 240 g/mol. The van der Waals surface area contributed by atoms with E-state index in [0.29, 0.717) is 0 Å². The summed E-state index contributed by atoms with van der Waals surface area (Å²) in [6.07, 6.45) is 5.22. The molecule has 1 aliphatic rings. The third kappa shape index (κ3) is 4.04. The molecule has 0 saturated carbocycles. The van der Waals surface area contributed by atoms with Crippen LogP contribution in [0, 0.1) is 0 Å². The third-order valence-corrected chi connectivity index (χ3v) is 3.47. The molecule has 0 atom stereocenters. The Labute approximate surface area is 106 Å². The molecule has 0 aromatic heterocycles. The molecule has 1 rings (SSSR count). The molecule has 0 bridgehead atoms. The first-order valence-electron chi connectivity index (χ1n) is 6.53. The van der Waals surface area contributed by atoms with Gasteiger partial charge in [0.25, 0.3) is 0 Å². The van der Waals surface area contributed by atoms with Gasteiger partial charge in [-0.2, -0.15) is 0 Å². The van der Waals surface area contributed by atoms with Crippen LogP contribution in [0.2, 0.25) is 0 Å². The molecule has 17 heavy (non-hydrogen) atoms. The van der Waals surface area contributed by atoms with Crippen molar-refractivity contribution in [3.05, 3.63) is 12.2 Å². The summed E-state index contributed by atoms with van der Waals surface area (Å²) in [5.74, 6) is 1.84. The Morgan fingerprint density at radius 1 is 1.06 bits per heavy atom. The zero-order valence-corrected chi connectivity index (χ0v) is 11.8. The maximum Gasteiger partial charge on any atom is 0.490 e. The second kappa shape index (κ2) is 5.92. The minimum atomic E-state index is -0.300.